The van der Waals surface area contributed by atoms with Crippen molar-refractivity contribution < 1.29 is 19.1 Å². The summed E-state index contributed by atoms with van der Waals surface area (Å²) < 4.78 is 9.73. The molecule has 86 valence electrons. The molecule has 0 N–H and O–H groups in total. The first-order chi connectivity index (χ1) is 7.06. The largest absolute Gasteiger partial charge is 0.465 e. The highest BCUT2D eigenvalue weighted by Gasteiger charge is 2.28. The van der Waals surface area contributed by atoms with Crippen molar-refractivity contribution in [1.82, 2.24) is 0 Å². The lowest BCUT2D eigenvalue weighted by Gasteiger charge is -2.15. The summed E-state index contributed by atoms with van der Waals surface area (Å²) in [4.78, 5) is 22.8. The van der Waals surface area contributed by atoms with E-state index in [1.54, 1.807) is 20.8 Å². The molecule has 2 atom stereocenters. The van der Waals surface area contributed by atoms with Crippen LogP contribution >= 0.6 is 0 Å². The molecule has 0 heterocycles. The molecule has 0 fully saturated rings. The fourth-order valence-corrected chi connectivity index (χ4v) is 0.986. The van der Waals surface area contributed by atoms with Gasteiger partial charge in [-0.15, -0.1) is 0 Å². The maximum Gasteiger partial charge on any atom is 0.320 e. The fourth-order valence-electron chi connectivity index (χ4n) is 0.986. The van der Waals surface area contributed by atoms with Gasteiger partial charge >= 0.3 is 11.9 Å². The maximum absolute atomic E-state index is 11.5. The van der Waals surface area contributed by atoms with Crippen molar-refractivity contribution in [3.8, 4) is 0 Å². The Kier molecular flexibility index (Phi) is 6.42. The van der Waals surface area contributed by atoms with Crippen LogP contribution in [0.5, 0.6) is 0 Å². The third-order valence-corrected chi connectivity index (χ3v) is 1.90. The Morgan fingerprint density at radius 1 is 1.33 bits per heavy atom. The average molecular weight is 214 g/mol. The molecule has 0 rings (SSSR count). The van der Waals surface area contributed by atoms with Gasteiger partial charge in [-0.05, 0) is 20.3 Å². The number of carbonyl (C=O) groups is 2. The average Bonchev–Trinajstić information content (AvgIpc) is 2.19. The number of rotatable bonds is 6. The molecule has 0 spiro atoms. The Morgan fingerprint density at radius 3 is 2.33 bits per heavy atom. The summed E-state index contributed by atoms with van der Waals surface area (Å²) in [5, 5.41) is 0. The van der Waals surface area contributed by atoms with Crippen LogP contribution in [0.15, 0.2) is 12.7 Å². The van der Waals surface area contributed by atoms with Crippen molar-refractivity contribution >= 4 is 11.9 Å². The highest BCUT2D eigenvalue weighted by atomic mass is 16.6. The van der Waals surface area contributed by atoms with Crippen molar-refractivity contribution in [1.29, 1.82) is 0 Å². The van der Waals surface area contributed by atoms with Gasteiger partial charge in [-0.3, -0.25) is 9.59 Å². The van der Waals surface area contributed by atoms with Crippen LogP contribution in [0.3, 0.4) is 0 Å². The van der Waals surface area contributed by atoms with E-state index in [4.69, 9.17) is 9.47 Å². The molecule has 0 aromatic rings. The lowest BCUT2D eigenvalue weighted by molar-refractivity contribution is -0.163. The third kappa shape index (κ3) is 4.63. The first-order valence-corrected chi connectivity index (χ1v) is 5.06. The van der Waals surface area contributed by atoms with Crippen LogP contribution in [0.2, 0.25) is 0 Å². The molecule has 0 saturated heterocycles. The lowest BCUT2D eigenvalue weighted by Crippen LogP contribution is -2.29. The SMILES string of the molecule is C=CC(C)OC(=O)C(CC)C(=O)OCC. The highest BCUT2D eigenvalue weighted by Crippen LogP contribution is 2.09. The highest BCUT2D eigenvalue weighted by molar-refractivity contribution is 5.94. The minimum absolute atomic E-state index is 0.264. The monoisotopic (exact) mass is 214 g/mol. The van der Waals surface area contributed by atoms with Gasteiger partial charge in [-0.2, -0.15) is 0 Å². The van der Waals surface area contributed by atoms with Gasteiger partial charge in [0.05, 0.1) is 6.61 Å². The zero-order valence-corrected chi connectivity index (χ0v) is 9.49. The van der Waals surface area contributed by atoms with Gasteiger partial charge in [0.25, 0.3) is 0 Å². The van der Waals surface area contributed by atoms with Crippen LogP contribution in [-0.2, 0) is 19.1 Å². The normalized spacial score (nSPS) is 13.8. The molecule has 4 heteroatoms. The molecule has 4 nitrogen and oxygen atoms in total. The van der Waals surface area contributed by atoms with E-state index in [-0.39, 0.29) is 12.7 Å². The molecule has 15 heavy (non-hydrogen) atoms. The molecule has 0 aliphatic rings. The van der Waals surface area contributed by atoms with Gasteiger partial charge in [0.2, 0.25) is 0 Å². The van der Waals surface area contributed by atoms with Gasteiger partial charge in [0.1, 0.15) is 6.10 Å². The van der Waals surface area contributed by atoms with Crippen LogP contribution in [0.4, 0.5) is 0 Å². The Labute approximate surface area is 90.2 Å². The second-order valence-electron chi connectivity index (χ2n) is 3.09. The summed E-state index contributed by atoms with van der Waals surface area (Å²) in [5.41, 5.74) is 0. The number of ether oxygens (including phenoxy) is 2. The van der Waals surface area contributed by atoms with Crippen molar-refractivity contribution in [2.45, 2.75) is 33.3 Å². The van der Waals surface area contributed by atoms with E-state index in [0.29, 0.717) is 6.42 Å². The second kappa shape index (κ2) is 7.04. The maximum atomic E-state index is 11.5. The molecule has 0 aliphatic carbocycles. The van der Waals surface area contributed by atoms with E-state index in [1.165, 1.54) is 6.08 Å². The fraction of sp³-hybridized carbons (Fsp3) is 0.636. The quantitative estimate of drug-likeness (QED) is 0.383. The number of carbonyl (C=O) groups excluding carboxylic acids is 2. The van der Waals surface area contributed by atoms with Crippen LogP contribution in [0.1, 0.15) is 27.2 Å². The molecule has 0 bridgehead atoms. The Hall–Kier alpha value is -1.32. The first kappa shape index (κ1) is 13.7. The van der Waals surface area contributed by atoms with E-state index >= 15 is 0 Å². The molecule has 0 saturated carbocycles. The van der Waals surface area contributed by atoms with Gasteiger partial charge in [0.15, 0.2) is 5.92 Å². The predicted molar refractivity (Wildman–Crippen MR) is 56.2 cm³/mol. The zero-order chi connectivity index (χ0) is 11.8. The van der Waals surface area contributed by atoms with Crippen LogP contribution in [0.25, 0.3) is 0 Å². The van der Waals surface area contributed by atoms with Crippen molar-refractivity contribution in [3.05, 3.63) is 12.7 Å². The summed E-state index contributed by atoms with van der Waals surface area (Å²) in [5.74, 6) is -1.91. The molecular weight excluding hydrogens is 196 g/mol. The van der Waals surface area contributed by atoms with Gasteiger partial charge < -0.3 is 9.47 Å². The first-order valence-electron chi connectivity index (χ1n) is 5.06. The van der Waals surface area contributed by atoms with Crippen molar-refractivity contribution in [2.75, 3.05) is 6.61 Å². The number of hydrogen-bond donors (Lipinski definition) is 0. The van der Waals surface area contributed by atoms with Gasteiger partial charge in [0, 0.05) is 0 Å². The molecule has 2 unspecified atom stereocenters. The van der Waals surface area contributed by atoms with Crippen molar-refractivity contribution in [3.63, 3.8) is 0 Å². The molecular formula is C11H18O4. The third-order valence-electron chi connectivity index (χ3n) is 1.90. The molecule has 0 amide bonds. The van der Waals surface area contributed by atoms with E-state index in [1.807, 2.05) is 0 Å². The zero-order valence-electron chi connectivity index (χ0n) is 9.49. The van der Waals surface area contributed by atoms with Crippen molar-refractivity contribution in [2.24, 2.45) is 5.92 Å². The molecule has 0 aromatic heterocycles. The molecule has 0 aromatic carbocycles. The molecule has 0 radical (unpaired) electrons. The number of esters is 2. The minimum Gasteiger partial charge on any atom is -0.465 e. The molecule has 0 aliphatic heterocycles. The van der Waals surface area contributed by atoms with E-state index < -0.39 is 17.9 Å². The topological polar surface area (TPSA) is 52.6 Å². The standard InChI is InChI=1S/C11H18O4/c1-5-8(4)15-11(13)9(6-2)10(12)14-7-3/h5,8-9H,1,6-7H2,2-4H3. The number of hydrogen-bond acceptors (Lipinski definition) is 4. The van der Waals surface area contributed by atoms with E-state index in [0.717, 1.165) is 0 Å². The Morgan fingerprint density at radius 2 is 1.93 bits per heavy atom. The predicted octanol–water partition coefficient (Wildman–Crippen LogP) is 1.69. The van der Waals surface area contributed by atoms with Gasteiger partial charge in [-0.1, -0.05) is 19.6 Å². The second-order valence-corrected chi connectivity index (χ2v) is 3.09. The summed E-state index contributed by atoms with van der Waals surface area (Å²) in [6.45, 7) is 8.87. The summed E-state index contributed by atoms with van der Waals surface area (Å²) in [6.07, 6.45) is 1.48. The van der Waals surface area contributed by atoms with Crippen LogP contribution in [-0.4, -0.2) is 24.6 Å². The minimum atomic E-state index is -0.827. The van der Waals surface area contributed by atoms with Crippen LogP contribution < -0.4 is 0 Å². The van der Waals surface area contributed by atoms with E-state index in [2.05, 4.69) is 6.58 Å². The Balaban J connectivity index is 4.33. The summed E-state index contributed by atoms with van der Waals surface area (Å²) >= 11 is 0. The van der Waals surface area contributed by atoms with Crippen LogP contribution in [0, 0.1) is 5.92 Å². The lowest BCUT2D eigenvalue weighted by atomic mass is 10.1. The van der Waals surface area contributed by atoms with Gasteiger partial charge in [-0.25, -0.2) is 0 Å². The summed E-state index contributed by atoms with van der Waals surface area (Å²) in [7, 11) is 0. The van der Waals surface area contributed by atoms with E-state index in [9.17, 15) is 9.59 Å². The smallest absolute Gasteiger partial charge is 0.320 e. The Bertz CT molecular complexity index is 235. The summed E-state index contributed by atoms with van der Waals surface area (Å²) in [6, 6.07) is 0.